The van der Waals surface area contributed by atoms with Gasteiger partial charge in [0.25, 0.3) is 0 Å². The molecule has 2 aliphatic heterocycles. The minimum Gasteiger partial charge on any atom is -0.388 e. The van der Waals surface area contributed by atoms with Crippen molar-refractivity contribution in [2.75, 3.05) is 55.3 Å². The molecule has 6 atom stereocenters. The fraction of sp³-hybridized carbons (Fsp3) is 0.419. The van der Waals surface area contributed by atoms with Gasteiger partial charge in [-0.2, -0.15) is 9.97 Å². The molecule has 4 heterocycles. The van der Waals surface area contributed by atoms with E-state index in [-0.39, 0.29) is 48.2 Å². The predicted octanol–water partition coefficient (Wildman–Crippen LogP) is 3.01. The lowest BCUT2D eigenvalue weighted by atomic mass is 9.91. The number of aliphatic hydroxyl groups is 2. The van der Waals surface area contributed by atoms with E-state index in [1.54, 1.807) is 30.0 Å². The first-order valence-corrected chi connectivity index (χ1v) is 22.3. The van der Waals surface area contributed by atoms with Crippen LogP contribution in [0.4, 0.5) is 22.2 Å². The number of benzene rings is 3. The fourth-order valence-electron chi connectivity index (χ4n) is 8.59. The topological polar surface area (TPSA) is 219 Å². The molecule has 1 aliphatic carbocycles. The molecule has 17 nitrogen and oxygen atoms in total. The number of sulfonamides is 1. The summed E-state index contributed by atoms with van der Waals surface area (Å²) in [4.78, 5) is 43.6. The maximum absolute atomic E-state index is 13.6. The number of nitrogens with one attached hydrogen (secondary N) is 5. The van der Waals surface area contributed by atoms with E-state index in [1.807, 2.05) is 48.3 Å². The standard InChI is InChI=1S/C43H53N11O6S/c1-3-36(55)48-34-22-35(39(57)38(34)56)54-26-45-37-40(44-23-33(27-10-6-4-7-11-27)28-12-8-5-9-13-28)49-42(50-41(37)54)53-21-19-31(25-53)51-61(59,60)32-16-14-29(15-17-32)46-43(58)47-30-18-20-52(2)24-30/h4-17,26,30-31,33-35,38-39,51,56-57H,3,18-25H2,1-2H3,(H,48,55)(H,44,49,50)(H2,46,47,58)/t30?,31-,34?,35?,38-,39+/m1/s1. The second-order valence-corrected chi connectivity index (χ2v) is 17.9. The van der Waals surface area contributed by atoms with Gasteiger partial charge in [0.15, 0.2) is 17.0 Å². The third-order valence-corrected chi connectivity index (χ3v) is 13.4. The Hall–Kier alpha value is -5.66. The van der Waals surface area contributed by atoms with Crippen LogP contribution >= 0.6 is 0 Å². The average Bonchev–Trinajstić information content (AvgIpc) is 4.06. The van der Waals surface area contributed by atoms with Crippen LogP contribution in [-0.2, 0) is 14.8 Å². The summed E-state index contributed by atoms with van der Waals surface area (Å²) in [6.07, 6.45) is 1.02. The molecule has 61 heavy (non-hydrogen) atoms. The molecule has 0 radical (unpaired) electrons. The Morgan fingerprint density at radius 1 is 0.852 bits per heavy atom. The predicted molar refractivity (Wildman–Crippen MR) is 232 cm³/mol. The molecule has 0 spiro atoms. The van der Waals surface area contributed by atoms with Gasteiger partial charge in [-0.1, -0.05) is 67.6 Å². The third-order valence-electron chi connectivity index (χ3n) is 11.9. The molecule has 3 unspecified atom stereocenters. The van der Waals surface area contributed by atoms with E-state index >= 15 is 0 Å². The van der Waals surface area contributed by atoms with Crippen LogP contribution in [0.1, 0.15) is 55.7 Å². The Balaban J connectivity index is 1.02. The van der Waals surface area contributed by atoms with Crippen LogP contribution in [0, 0.1) is 0 Å². The molecule has 0 bridgehead atoms. The van der Waals surface area contributed by atoms with Crippen molar-refractivity contribution < 1.29 is 28.2 Å². The summed E-state index contributed by atoms with van der Waals surface area (Å²) in [6, 6.07) is 24.3. The second-order valence-electron chi connectivity index (χ2n) is 16.2. The zero-order chi connectivity index (χ0) is 42.7. The van der Waals surface area contributed by atoms with Gasteiger partial charge in [0, 0.05) is 56.3 Å². The first-order valence-electron chi connectivity index (χ1n) is 20.8. The van der Waals surface area contributed by atoms with Crippen molar-refractivity contribution in [3.05, 3.63) is 102 Å². The number of likely N-dealkylation sites (N-methyl/N-ethyl adjacent to an activating group) is 1. The highest BCUT2D eigenvalue weighted by molar-refractivity contribution is 7.89. The van der Waals surface area contributed by atoms with Crippen molar-refractivity contribution in [1.29, 1.82) is 0 Å². The number of nitrogens with zero attached hydrogens (tertiary/aromatic N) is 6. The maximum atomic E-state index is 13.6. The Labute approximate surface area is 355 Å². The van der Waals surface area contributed by atoms with Gasteiger partial charge in [-0.15, -0.1) is 0 Å². The van der Waals surface area contributed by atoms with E-state index in [0.717, 1.165) is 30.6 Å². The first kappa shape index (κ1) is 42.0. The van der Waals surface area contributed by atoms with Crippen LogP contribution < -0.4 is 30.9 Å². The van der Waals surface area contributed by atoms with Gasteiger partial charge >= 0.3 is 6.03 Å². The van der Waals surface area contributed by atoms with E-state index < -0.39 is 40.4 Å². The minimum atomic E-state index is -3.93. The van der Waals surface area contributed by atoms with Crippen molar-refractivity contribution in [2.24, 2.45) is 0 Å². The molecule has 3 aromatic carbocycles. The molecule has 7 N–H and O–H groups in total. The number of carbonyl (C=O) groups is 2. The molecule has 8 rings (SSSR count). The number of imidazole rings is 1. The first-order chi connectivity index (χ1) is 29.4. The van der Waals surface area contributed by atoms with Gasteiger partial charge in [0.05, 0.1) is 23.3 Å². The van der Waals surface area contributed by atoms with Crippen molar-refractivity contribution in [3.63, 3.8) is 0 Å². The van der Waals surface area contributed by atoms with Crippen molar-refractivity contribution >= 4 is 50.6 Å². The van der Waals surface area contributed by atoms with Gasteiger partial charge < -0.3 is 45.8 Å². The van der Waals surface area contributed by atoms with Crippen LogP contribution in [0.15, 0.2) is 96.2 Å². The Bertz CT molecular complexity index is 2380. The normalized spacial score (nSPS) is 23.1. The van der Waals surface area contributed by atoms with E-state index in [0.29, 0.717) is 48.1 Å². The monoisotopic (exact) mass is 851 g/mol. The molecule has 3 fully saturated rings. The van der Waals surface area contributed by atoms with Gasteiger partial charge in [-0.3, -0.25) is 4.79 Å². The highest BCUT2D eigenvalue weighted by atomic mass is 32.2. The number of hydrogen-bond donors (Lipinski definition) is 7. The summed E-state index contributed by atoms with van der Waals surface area (Å²) in [5.41, 5.74) is 3.58. The van der Waals surface area contributed by atoms with Gasteiger partial charge in [-0.05, 0) is 68.2 Å². The summed E-state index contributed by atoms with van der Waals surface area (Å²) >= 11 is 0. The number of carbonyl (C=O) groups excluding carboxylic acids is 2. The molecule has 3 aliphatic rings. The van der Waals surface area contributed by atoms with Crippen LogP contribution in [-0.4, -0.2) is 125 Å². The molecular weight excluding hydrogens is 799 g/mol. The third kappa shape index (κ3) is 9.48. The Morgan fingerprint density at radius 3 is 2.20 bits per heavy atom. The van der Waals surface area contributed by atoms with E-state index in [2.05, 4.69) is 55.2 Å². The van der Waals surface area contributed by atoms with Gasteiger partial charge in [0.1, 0.15) is 12.2 Å². The largest absolute Gasteiger partial charge is 0.388 e. The lowest BCUT2D eigenvalue weighted by molar-refractivity contribution is -0.122. The van der Waals surface area contributed by atoms with Crippen LogP contribution in [0.25, 0.3) is 11.2 Å². The number of aromatic nitrogens is 4. The van der Waals surface area contributed by atoms with Gasteiger partial charge in [-0.25, -0.2) is 22.9 Å². The fourth-order valence-corrected chi connectivity index (χ4v) is 9.86. The number of fused-ring (bicyclic) bond motifs is 1. The van der Waals surface area contributed by atoms with E-state index in [1.165, 1.54) is 12.1 Å². The summed E-state index contributed by atoms with van der Waals surface area (Å²) in [5, 5.41) is 34.4. The smallest absolute Gasteiger partial charge is 0.319 e. The zero-order valence-electron chi connectivity index (χ0n) is 34.2. The Morgan fingerprint density at radius 2 is 1.54 bits per heavy atom. The SMILES string of the molecule is CCC(=O)NC1CC(n2cnc3c(NCC(c4ccccc4)c4ccccc4)nc(N4CC[C@@H](NS(=O)(=O)c5ccc(NC(=O)NC6CCN(C)C6)cc5)C4)nc32)[C@H](O)[C@@H]1O. The number of rotatable bonds is 14. The summed E-state index contributed by atoms with van der Waals surface area (Å²) in [7, 11) is -1.92. The average molecular weight is 852 g/mol. The van der Waals surface area contributed by atoms with Crippen LogP contribution in [0.3, 0.4) is 0 Å². The summed E-state index contributed by atoms with van der Waals surface area (Å²) in [6.45, 7) is 4.61. The number of likely N-dealkylation sites (tertiary alicyclic amines) is 1. The molecule has 1 saturated carbocycles. The summed E-state index contributed by atoms with van der Waals surface area (Å²) in [5.74, 6) is 0.535. The minimum absolute atomic E-state index is 0.0422. The number of aliphatic hydroxyl groups excluding tert-OH is 2. The zero-order valence-corrected chi connectivity index (χ0v) is 35.0. The lowest BCUT2D eigenvalue weighted by Gasteiger charge is -2.22. The number of amides is 3. The van der Waals surface area contributed by atoms with Crippen molar-refractivity contribution in [1.82, 2.24) is 39.8 Å². The van der Waals surface area contributed by atoms with Gasteiger partial charge in [0.2, 0.25) is 21.9 Å². The molecule has 2 aromatic heterocycles. The molecule has 322 valence electrons. The number of urea groups is 1. The maximum Gasteiger partial charge on any atom is 0.319 e. The highest BCUT2D eigenvalue weighted by Crippen LogP contribution is 2.36. The summed E-state index contributed by atoms with van der Waals surface area (Å²) < 4.78 is 31.8. The molecule has 2 saturated heterocycles. The van der Waals surface area contributed by atoms with E-state index in [9.17, 15) is 28.2 Å². The molecular formula is C43H53N11O6S. The van der Waals surface area contributed by atoms with E-state index in [4.69, 9.17) is 15.0 Å². The molecule has 5 aromatic rings. The lowest BCUT2D eigenvalue weighted by Crippen LogP contribution is -2.42. The number of hydrogen-bond acceptors (Lipinski definition) is 12. The van der Waals surface area contributed by atoms with Crippen LogP contribution in [0.5, 0.6) is 0 Å². The highest BCUT2D eigenvalue weighted by Gasteiger charge is 2.44. The van der Waals surface area contributed by atoms with Crippen molar-refractivity contribution in [2.45, 2.75) is 79.8 Å². The number of anilines is 3. The van der Waals surface area contributed by atoms with Crippen molar-refractivity contribution in [3.8, 4) is 0 Å². The molecule has 3 amide bonds. The quantitative estimate of drug-likeness (QED) is 0.0858. The Kier molecular flexibility index (Phi) is 12.5. The van der Waals surface area contributed by atoms with Crippen LogP contribution in [0.2, 0.25) is 0 Å². The second kappa shape index (κ2) is 18.1. The molecule has 18 heteroatoms.